The lowest BCUT2D eigenvalue weighted by Gasteiger charge is -2.11. The predicted molar refractivity (Wildman–Crippen MR) is 93.2 cm³/mol. The van der Waals surface area contributed by atoms with E-state index in [0.717, 1.165) is 16.8 Å². The summed E-state index contributed by atoms with van der Waals surface area (Å²) in [6, 6.07) is 6.04. The van der Waals surface area contributed by atoms with Crippen molar-refractivity contribution in [1.82, 2.24) is 25.5 Å². The molecule has 0 saturated heterocycles. The Morgan fingerprint density at radius 1 is 1.29 bits per heavy atom. The Labute approximate surface area is 144 Å². The summed E-state index contributed by atoms with van der Waals surface area (Å²) >= 11 is 0. The first-order valence-electron chi connectivity index (χ1n) is 7.86. The molecule has 0 radical (unpaired) electrons. The van der Waals surface area contributed by atoms with Crippen molar-refractivity contribution < 1.29 is 9.00 Å². The Morgan fingerprint density at radius 2 is 1.96 bits per heavy atom. The third-order valence-corrected chi connectivity index (χ3v) is 4.72. The number of aromatic nitrogens is 4. The molecule has 1 amide bonds. The molecule has 0 unspecified atom stereocenters. The first kappa shape index (κ1) is 18.3. The highest BCUT2D eigenvalue weighted by atomic mass is 32.2. The number of nitrogens with zero attached hydrogens (tertiary/aromatic N) is 4. The molecule has 8 heteroatoms. The molecule has 0 aliphatic rings. The summed E-state index contributed by atoms with van der Waals surface area (Å²) in [5.41, 5.74) is 3.00. The molecule has 0 saturated carbocycles. The van der Waals surface area contributed by atoms with E-state index >= 15 is 0 Å². The average Bonchev–Trinajstić information content (AvgIpc) is 2.92. The third-order valence-electron chi connectivity index (χ3n) is 3.48. The average molecular weight is 349 g/mol. The van der Waals surface area contributed by atoms with Gasteiger partial charge >= 0.3 is 0 Å². The molecule has 1 heterocycles. The van der Waals surface area contributed by atoms with Crippen molar-refractivity contribution in [3.63, 3.8) is 0 Å². The van der Waals surface area contributed by atoms with E-state index in [9.17, 15) is 9.00 Å². The molecule has 0 bridgehead atoms. The van der Waals surface area contributed by atoms with Gasteiger partial charge in [0.2, 0.25) is 5.91 Å². The maximum atomic E-state index is 12.3. The normalized spacial score (nSPS) is 12.4. The molecular weight excluding hydrogens is 326 g/mol. The Hall–Kier alpha value is -2.09. The Morgan fingerprint density at radius 3 is 2.58 bits per heavy atom. The van der Waals surface area contributed by atoms with Crippen LogP contribution in [-0.4, -0.2) is 42.1 Å². The van der Waals surface area contributed by atoms with Crippen molar-refractivity contribution >= 4 is 16.7 Å². The van der Waals surface area contributed by atoms with Crippen molar-refractivity contribution in [3.8, 4) is 5.69 Å². The van der Waals surface area contributed by atoms with Gasteiger partial charge in [0, 0.05) is 29.0 Å². The highest BCUT2D eigenvalue weighted by molar-refractivity contribution is 7.84. The molecule has 130 valence electrons. The molecule has 1 N–H and O–H groups in total. The first-order chi connectivity index (χ1) is 11.4. The summed E-state index contributed by atoms with van der Waals surface area (Å²) in [7, 11) is -1.21. The molecule has 0 fully saturated rings. The van der Waals surface area contributed by atoms with Gasteiger partial charge in [0.25, 0.3) is 0 Å². The summed E-state index contributed by atoms with van der Waals surface area (Å²) in [6.07, 6.45) is 0.232. The van der Waals surface area contributed by atoms with Gasteiger partial charge in [-0.1, -0.05) is 18.2 Å². The van der Waals surface area contributed by atoms with Gasteiger partial charge in [-0.25, -0.2) is 0 Å². The van der Waals surface area contributed by atoms with Crippen molar-refractivity contribution in [2.24, 2.45) is 0 Å². The minimum atomic E-state index is -1.21. The monoisotopic (exact) mass is 349 g/mol. The van der Waals surface area contributed by atoms with Crippen molar-refractivity contribution in [2.75, 3.05) is 5.75 Å². The van der Waals surface area contributed by atoms with E-state index in [1.165, 1.54) is 0 Å². The molecule has 24 heavy (non-hydrogen) atoms. The maximum Gasteiger partial charge on any atom is 0.221 e. The fourth-order valence-electron chi connectivity index (χ4n) is 2.43. The van der Waals surface area contributed by atoms with E-state index in [-0.39, 0.29) is 29.9 Å². The van der Waals surface area contributed by atoms with Gasteiger partial charge in [-0.3, -0.25) is 9.00 Å². The molecule has 7 nitrogen and oxygen atoms in total. The number of hydrogen-bond donors (Lipinski definition) is 1. The maximum absolute atomic E-state index is 12.3. The number of nitrogens with one attached hydrogen (secondary N) is 1. The smallest absolute Gasteiger partial charge is 0.221 e. The number of hydrogen-bond acceptors (Lipinski definition) is 5. The quantitative estimate of drug-likeness (QED) is 0.817. The van der Waals surface area contributed by atoms with Gasteiger partial charge < -0.3 is 5.32 Å². The van der Waals surface area contributed by atoms with E-state index in [2.05, 4.69) is 20.8 Å². The summed E-state index contributed by atoms with van der Waals surface area (Å²) < 4.78 is 13.9. The molecule has 2 aromatic rings. The van der Waals surface area contributed by atoms with Crippen molar-refractivity contribution in [3.05, 3.63) is 35.2 Å². The van der Waals surface area contributed by atoms with Crippen LogP contribution in [0, 0.1) is 13.8 Å². The first-order valence-corrected chi connectivity index (χ1v) is 9.35. The SMILES string of the molecule is Cc1cccc(C)c1-n1nnnc1C[S@@](=O)CCC(=O)NC(C)C. The van der Waals surface area contributed by atoms with Gasteiger partial charge in [-0.05, 0) is 49.2 Å². The van der Waals surface area contributed by atoms with Crippen LogP contribution in [0.4, 0.5) is 0 Å². The van der Waals surface area contributed by atoms with E-state index in [0.29, 0.717) is 5.82 Å². The molecule has 2 rings (SSSR count). The number of para-hydroxylation sites is 1. The molecule has 1 atom stereocenters. The van der Waals surface area contributed by atoms with Gasteiger partial charge in [0.05, 0.1) is 11.4 Å². The van der Waals surface area contributed by atoms with Crippen LogP contribution < -0.4 is 5.32 Å². The van der Waals surface area contributed by atoms with E-state index in [4.69, 9.17) is 0 Å². The van der Waals surface area contributed by atoms with Crippen LogP contribution in [0.2, 0.25) is 0 Å². The van der Waals surface area contributed by atoms with Crippen LogP contribution >= 0.6 is 0 Å². The number of amides is 1. The molecule has 1 aromatic carbocycles. The Kier molecular flexibility index (Phi) is 6.19. The summed E-state index contributed by atoms with van der Waals surface area (Å²) in [6.45, 7) is 7.77. The number of carbonyl (C=O) groups excluding carboxylic acids is 1. The minimum absolute atomic E-state index is 0.0854. The number of rotatable bonds is 7. The lowest BCUT2D eigenvalue weighted by Crippen LogP contribution is -2.31. The van der Waals surface area contributed by atoms with Crippen LogP contribution in [0.1, 0.15) is 37.2 Å². The van der Waals surface area contributed by atoms with Gasteiger partial charge in [-0.15, -0.1) is 5.10 Å². The number of tetrazole rings is 1. The zero-order valence-corrected chi connectivity index (χ0v) is 15.3. The fraction of sp³-hybridized carbons (Fsp3) is 0.500. The zero-order valence-electron chi connectivity index (χ0n) is 14.4. The van der Waals surface area contributed by atoms with Gasteiger partial charge in [-0.2, -0.15) is 4.68 Å². The van der Waals surface area contributed by atoms with Crippen LogP contribution in [0.15, 0.2) is 18.2 Å². The number of aryl methyl sites for hydroxylation is 2. The van der Waals surface area contributed by atoms with Crippen molar-refractivity contribution in [2.45, 2.75) is 45.9 Å². The predicted octanol–water partition coefficient (Wildman–Crippen LogP) is 1.44. The Balaban J connectivity index is 2.06. The van der Waals surface area contributed by atoms with E-state index < -0.39 is 10.8 Å². The van der Waals surface area contributed by atoms with E-state index in [1.54, 1.807) is 4.68 Å². The number of benzene rings is 1. The molecule has 0 aliphatic heterocycles. The highest BCUT2D eigenvalue weighted by Gasteiger charge is 2.16. The minimum Gasteiger partial charge on any atom is -0.354 e. The molecular formula is C16H23N5O2S. The topological polar surface area (TPSA) is 89.8 Å². The Bertz CT molecular complexity index is 722. The van der Waals surface area contributed by atoms with Crippen LogP contribution in [0.25, 0.3) is 5.69 Å². The lowest BCUT2D eigenvalue weighted by atomic mass is 10.1. The standard InChI is InChI=1S/C16H23N5O2S/c1-11(2)17-15(22)8-9-24(23)10-14-18-19-20-21(14)16-12(3)6-5-7-13(16)4/h5-7,11H,8-10H2,1-4H3,(H,17,22)/t24-/m0/s1. The fourth-order valence-corrected chi connectivity index (χ4v) is 3.45. The molecule has 0 spiro atoms. The van der Waals surface area contributed by atoms with E-state index in [1.807, 2.05) is 45.9 Å². The van der Waals surface area contributed by atoms with Crippen LogP contribution in [0.3, 0.4) is 0 Å². The van der Waals surface area contributed by atoms with Crippen LogP contribution in [0.5, 0.6) is 0 Å². The number of carbonyl (C=O) groups is 1. The molecule has 0 aliphatic carbocycles. The highest BCUT2D eigenvalue weighted by Crippen LogP contribution is 2.19. The summed E-state index contributed by atoms with van der Waals surface area (Å²) in [5.74, 6) is 0.955. The lowest BCUT2D eigenvalue weighted by molar-refractivity contribution is -0.121. The second kappa shape index (κ2) is 8.14. The van der Waals surface area contributed by atoms with Crippen LogP contribution in [-0.2, 0) is 21.3 Å². The second-order valence-corrected chi connectivity index (χ2v) is 7.58. The van der Waals surface area contributed by atoms with Gasteiger partial charge in [0.15, 0.2) is 5.82 Å². The summed E-state index contributed by atoms with van der Waals surface area (Å²) in [4.78, 5) is 11.6. The third kappa shape index (κ3) is 4.70. The largest absolute Gasteiger partial charge is 0.354 e. The summed E-state index contributed by atoms with van der Waals surface area (Å²) in [5, 5.41) is 14.5. The van der Waals surface area contributed by atoms with Gasteiger partial charge in [0.1, 0.15) is 0 Å². The van der Waals surface area contributed by atoms with Crippen molar-refractivity contribution in [1.29, 1.82) is 0 Å². The second-order valence-electron chi connectivity index (χ2n) is 6.01. The molecule has 1 aromatic heterocycles. The zero-order chi connectivity index (χ0) is 17.7.